The molecule has 0 aliphatic heterocycles. The van der Waals surface area contributed by atoms with Crippen LogP contribution in [0.3, 0.4) is 0 Å². The van der Waals surface area contributed by atoms with Crippen molar-refractivity contribution in [1.29, 1.82) is 0 Å². The van der Waals surface area contributed by atoms with E-state index in [1.54, 1.807) is 11.0 Å². The normalized spacial score (nSPS) is 12.8. The summed E-state index contributed by atoms with van der Waals surface area (Å²) in [5.41, 5.74) is 3.97. The van der Waals surface area contributed by atoms with Crippen LogP contribution in [0.4, 0.5) is 5.82 Å². The molecule has 7 nitrogen and oxygen atoms in total. The molecular formula is C15H21N7. The first-order valence-corrected chi connectivity index (χ1v) is 7.37. The number of anilines is 1. The molecule has 0 bridgehead atoms. The van der Waals surface area contributed by atoms with E-state index in [9.17, 15) is 0 Å². The van der Waals surface area contributed by atoms with Gasteiger partial charge in [0.1, 0.15) is 12.1 Å². The molecule has 0 aliphatic carbocycles. The minimum atomic E-state index is 0.190. The minimum absolute atomic E-state index is 0.190. The Morgan fingerprint density at radius 1 is 1.18 bits per heavy atom. The van der Waals surface area contributed by atoms with Gasteiger partial charge in [-0.1, -0.05) is 0 Å². The van der Waals surface area contributed by atoms with Crippen molar-refractivity contribution in [2.45, 2.75) is 40.3 Å². The van der Waals surface area contributed by atoms with Crippen LogP contribution in [0.2, 0.25) is 0 Å². The molecule has 0 aliphatic rings. The van der Waals surface area contributed by atoms with Crippen LogP contribution in [0.1, 0.15) is 24.0 Å². The van der Waals surface area contributed by atoms with E-state index in [1.165, 1.54) is 0 Å². The Labute approximate surface area is 129 Å². The highest BCUT2D eigenvalue weighted by Crippen LogP contribution is 2.22. The Morgan fingerprint density at radius 2 is 1.95 bits per heavy atom. The Kier molecular flexibility index (Phi) is 3.56. The van der Waals surface area contributed by atoms with Gasteiger partial charge < -0.3 is 5.32 Å². The van der Waals surface area contributed by atoms with Crippen LogP contribution >= 0.6 is 0 Å². The van der Waals surface area contributed by atoms with Crippen molar-refractivity contribution in [2.24, 2.45) is 7.05 Å². The van der Waals surface area contributed by atoms with E-state index in [-0.39, 0.29) is 6.04 Å². The summed E-state index contributed by atoms with van der Waals surface area (Å²) in [4.78, 5) is 8.69. The van der Waals surface area contributed by atoms with Crippen molar-refractivity contribution >= 4 is 16.9 Å². The summed E-state index contributed by atoms with van der Waals surface area (Å²) in [6.45, 7) is 8.96. The van der Waals surface area contributed by atoms with Crippen LogP contribution in [-0.4, -0.2) is 35.6 Å². The first-order chi connectivity index (χ1) is 10.5. The predicted octanol–water partition coefficient (Wildman–Crippen LogP) is 1.99. The lowest BCUT2D eigenvalue weighted by Gasteiger charge is -2.16. The van der Waals surface area contributed by atoms with Gasteiger partial charge in [-0.3, -0.25) is 9.36 Å². The summed E-state index contributed by atoms with van der Waals surface area (Å²) in [5.74, 6) is 0.824. The third-order valence-electron chi connectivity index (χ3n) is 3.73. The van der Waals surface area contributed by atoms with Gasteiger partial charge in [0.2, 0.25) is 0 Å². The third kappa shape index (κ3) is 2.54. The van der Waals surface area contributed by atoms with E-state index in [0.29, 0.717) is 0 Å². The molecule has 0 unspecified atom stereocenters. The van der Waals surface area contributed by atoms with Crippen LogP contribution in [-0.2, 0) is 13.6 Å². The standard InChI is InChI=1S/C15H21N7/c1-9-6-11(3)22(19-9)7-10(2)18-14-13-12(4)20-21(5)15(13)17-8-16-14/h6,8,10H,7H2,1-5H3,(H,16,17,18)/t10-/m1/s1. The zero-order valence-corrected chi connectivity index (χ0v) is 13.6. The number of hydrogen-bond donors (Lipinski definition) is 1. The molecule has 1 N–H and O–H groups in total. The molecule has 0 aromatic carbocycles. The van der Waals surface area contributed by atoms with Crippen LogP contribution < -0.4 is 5.32 Å². The van der Waals surface area contributed by atoms with Gasteiger partial charge in [0.25, 0.3) is 0 Å². The topological polar surface area (TPSA) is 73.5 Å². The van der Waals surface area contributed by atoms with Crippen molar-refractivity contribution in [3.05, 3.63) is 29.5 Å². The molecule has 0 spiro atoms. The van der Waals surface area contributed by atoms with Gasteiger partial charge >= 0.3 is 0 Å². The molecule has 3 aromatic rings. The van der Waals surface area contributed by atoms with Gasteiger partial charge in [-0.15, -0.1) is 0 Å². The van der Waals surface area contributed by atoms with E-state index >= 15 is 0 Å². The first kappa shape index (κ1) is 14.5. The number of fused-ring (bicyclic) bond motifs is 1. The van der Waals surface area contributed by atoms with E-state index in [0.717, 1.165) is 40.5 Å². The van der Waals surface area contributed by atoms with Crippen LogP contribution in [0.25, 0.3) is 11.0 Å². The molecule has 116 valence electrons. The van der Waals surface area contributed by atoms with Crippen molar-refractivity contribution in [3.8, 4) is 0 Å². The van der Waals surface area contributed by atoms with Crippen LogP contribution in [0.15, 0.2) is 12.4 Å². The van der Waals surface area contributed by atoms with Gasteiger partial charge in [0.05, 0.1) is 23.3 Å². The molecular weight excluding hydrogens is 278 g/mol. The fourth-order valence-electron chi connectivity index (χ4n) is 2.78. The highest BCUT2D eigenvalue weighted by molar-refractivity contribution is 5.89. The summed E-state index contributed by atoms with van der Waals surface area (Å²) in [6, 6.07) is 2.27. The molecule has 1 atom stereocenters. The number of hydrogen-bond acceptors (Lipinski definition) is 5. The highest BCUT2D eigenvalue weighted by Gasteiger charge is 2.14. The molecule has 3 aromatic heterocycles. The van der Waals surface area contributed by atoms with Crippen LogP contribution in [0, 0.1) is 20.8 Å². The van der Waals surface area contributed by atoms with Crippen molar-refractivity contribution in [2.75, 3.05) is 5.32 Å². The van der Waals surface area contributed by atoms with Crippen molar-refractivity contribution in [3.63, 3.8) is 0 Å². The zero-order valence-electron chi connectivity index (χ0n) is 13.6. The van der Waals surface area contributed by atoms with E-state index in [1.807, 2.05) is 25.6 Å². The second-order valence-corrected chi connectivity index (χ2v) is 5.78. The molecule has 3 heterocycles. The lowest BCUT2D eigenvalue weighted by atomic mass is 10.2. The minimum Gasteiger partial charge on any atom is -0.365 e. The third-order valence-corrected chi connectivity index (χ3v) is 3.73. The van der Waals surface area contributed by atoms with Crippen molar-refractivity contribution < 1.29 is 0 Å². The van der Waals surface area contributed by atoms with Gasteiger partial charge in [-0.05, 0) is 33.8 Å². The van der Waals surface area contributed by atoms with Crippen molar-refractivity contribution in [1.82, 2.24) is 29.5 Å². The number of rotatable bonds is 4. The second-order valence-electron chi connectivity index (χ2n) is 5.78. The fraction of sp³-hybridized carbons (Fsp3) is 0.467. The van der Waals surface area contributed by atoms with E-state index in [4.69, 9.17) is 0 Å². The Morgan fingerprint density at radius 3 is 2.64 bits per heavy atom. The maximum Gasteiger partial charge on any atom is 0.163 e. The summed E-state index contributed by atoms with van der Waals surface area (Å²) in [7, 11) is 1.89. The molecule has 22 heavy (non-hydrogen) atoms. The second kappa shape index (κ2) is 5.40. The highest BCUT2D eigenvalue weighted by atomic mass is 15.3. The predicted molar refractivity (Wildman–Crippen MR) is 85.8 cm³/mol. The first-order valence-electron chi connectivity index (χ1n) is 7.37. The quantitative estimate of drug-likeness (QED) is 0.797. The summed E-state index contributed by atoms with van der Waals surface area (Å²) in [6.07, 6.45) is 1.57. The monoisotopic (exact) mass is 299 g/mol. The maximum atomic E-state index is 4.50. The van der Waals surface area contributed by atoms with E-state index < -0.39 is 0 Å². The molecule has 0 saturated carbocycles. The van der Waals surface area contributed by atoms with Gasteiger partial charge in [-0.2, -0.15) is 10.2 Å². The van der Waals surface area contributed by atoms with Gasteiger partial charge in [0, 0.05) is 18.8 Å². The number of aromatic nitrogens is 6. The number of aryl methyl sites for hydroxylation is 4. The molecule has 0 fully saturated rings. The lowest BCUT2D eigenvalue weighted by molar-refractivity contribution is 0.545. The smallest absolute Gasteiger partial charge is 0.163 e. The summed E-state index contributed by atoms with van der Waals surface area (Å²) in [5, 5.41) is 13.4. The van der Waals surface area contributed by atoms with Gasteiger partial charge in [-0.25, -0.2) is 9.97 Å². The van der Waals surface area contributed by atoms with Crippen LogP contribution in [0.5, 0.6) is 0 Å². The average molecular weight is 299 g/mol. The summed E-state index contributed by atoms with van der Waals surface area (Å²) >= 11 is 0. The number of nitrogens with one attached hydrogen (secondary N) is 1. The summed E-state index contributed by atoms with van der Waals surface area (Å²) < 4.78 is 3.80. The molecule has 0 amide bonds. The average Bonchev–Trinajstić information content (AvgIpc) is 2.90. The Balaban J connectivity index is 1.85. The SMILES string of the molecule is Cc1cc(C)n(C[C@@H](C)Nc2ncnc3c2c(C)nn3C)n1. The fourth-order valence-corrected chi connectivity index (χ4v) is 2.78. The molecule has 0 saturated heterocycles. The largest absolute Gasteiger partial charge is 0.365 e. The van der Waals surface area contributed by atoms with E-state index in [2.05, 4.69) is 45.4 Å². The number of nitrogens with zero attached hydrogens (tertiary/aromatic N) is 6. The Bertz CT molecular complexity index is 815. The molecule has 7 heteroatoms. The zero-order chi connectivity index (χ0) is 15.9. The lowest BCUT2D eigenvalue weighted by Crippen LogP contribution is -2.24. The van der Waals surface area contributed by atoms with Gasteiger partial charge in [0.15, 0.2) is 5.65 Å². The maximum absolute atomic E-state index is 4.50. The molecule has 3 rings (SSSR count). The Hall–Kier alpha value is -2.44. The molecule has 0 radical (unpaired) electrons.